The number of furan rings is 1. The molecule has 2 aromatic rings. The topological polar surface area (TPSA) is 51.2 Å². The third-order valence-electron chi connectivity index (χ3n) is 3.16. The lowest BCUT2D eigenvalue weighted by molar-refractivity contribution is 0.473. The highest BCUT2D eigenvalue weighted by Gasteiger charge is 2.08. The van der Waals surface area contributed by atoms with Crippen LogP contribution in [0.25, 0.3) is 0 Å². The second-order valence-corrected chi connectivity index (χ2v) is 4.58. The molecule has 0 saturated heterocycles. The van der Waals surface area contributed by atoms with Crippen LogP contribution in [-0.2, 0) is 12.8 Å². The Morgan fingerprint density at radius 3 is 2.61 bits per heavy atom. The fraction of sp³-hybridized carbons (Fsp3) is 0.333. The molecule has 0 radical (unpaired) electrons. The standard InChI is InChI=1S/C15H20N2O/c16-17-15(11-14-9-10-18-12-14)8-4-7-13-5-2-1-3-6-13/h1-3,5-6,9-10,12,15,17H,4,7-8,11,16H2. The Morgan fingerprint density at radius 1 is 1.11 bits per heavy atom. The molecule has 3 nitrogen and oxygen atoms in total. The van der Waals surface area contributed by atoms with Crippen LogP contribution in [-0.4, -0.2) is 6.04 Å². The number of hydrogen-bond donors (Lipinski definition) is 2. The predicted octanol–water partition coefficient (Wildman–Crippen LogP) is 2.68. The molecule has 0 fully saturated rings. The summed E-state index contributed by atoms with van der Waals surface area (Å²) in [5, 5.41) is 0. The van der Waals surface area contributed by atoms with Crippen LogP contribution < -0.4 is 11.3 Å². The van der Waals surface area contributed by atoms with Crippen LogP contribution in [0, 0.1) is 0 Å². The molecule has 1 atom stereocenters. The molecular formula is C15H20N2O. The average Bonchev–Trinajstić information content (AvgIpc) is 2.92. The number of hydrazine groups is 1. The van der Waals surface area contributed by atoms with Gasteiger partial charge in [0.15, 0.2) is 0 Å². The number of rotatable bonds is 7. The highest BCUT2D eigenvalue weighted by atomic mass is 16.3. The molecule has 96 valence electrons. The fourth-order valence-electron chi connectivity index (χ4n) is 2.13. The molecule has 0 aliphatic heterocycles. The first-order valence-electron chi connectivity index (χ1n) is 6.39. The van der Waals surface area contributed by atoms with Gasteiger partial charge < -0.3 is 4.42 Å². The summed E-state index contributed by atoms with van der Waals surface area (Å²) in [4.78, 5) is 0. The van der Waals surface area contributed by atoms with E-state index in [1.54, 1.807) is 12.5 Å². The maximum absolute atomic E-state index is 5.59. The highest BCUT2D eigenvalue weighted by Crippen LogP contribution is 2.10. The number of benzene rings is 1. The monoisotopic (exact) mass is 244 g/mol. The molecule has 0 aliphatic carbocycles. The van der Waals surface area contributed by atoms with Gasteiger partial charge in [-0.15, -0.1) is 0 Å². The Labute approximate surface area is 108 Å². The van der Waals surface area contributed by atoms with Crippen LogP contribution in [0.3, 0.4) is 0 Å². The molecule has 1 aromatic heterocycles. The maximum atomic E-state index is 5.59. The van der Waals surface area contributed by atoms with Crippen molar-refractivity contribution in [3.8, 4) is 0 Å². The smallest absolute Gasteiger partial charge is 0.0935 e. The Bertz CT molecular complexity index is 425. The summed E-state index contributed by atoms with van der Waals surface area (Å²) in [6.07, 6.45) is 7.70. The quantitative estimate of drug-likeness (QED) is 0.581. The third kappa shape index (κ3) is 4.02. The maximum Gasteiger partial charge on any atom is 0.0935 e. The average molecular weight is 244 g/mol. The second-order valence-electron chi connectivity index (χ2n) is 4.58. The zero-order valence-corrected chi connectivity index (χ0v) is 10.5. The van der Waals surface area contributed by atoms with Crippen LogP contribution in [0.15, 0.2) is 53.3 Å². The minimum atomic E-state index is 0.311. The van der Waals surface area contributed by atoms with E-state index >= 15 is 0 Å². The van der Waals surface area contributed by atoms with Crippen molar-refractivity contribution in [2.75, 3.05) is 0 Å². The Hall–Kier alpha value is -1.58. The molecule has 1 heterocycles. The Kier molecular flexibility index (Phi) is 5.00. The minimum Gasteiger partial charge on any atom is -0.472 e. The molecule has 0 amide bonds. The van der Waals surface area contributed by atoms with Crippen LogP contribution >= 0.6 is 0 Å². The van der Waals surface area contributed by atoms with Crippen LogP contribution in [0.4, 0.5) is 0 Å². The highest BCUT2D eigenvalue weighted by molar-refractivity contribution is 5.14. The lowest BCUT2D eigenvalue weighted by Crippen LogP contribution is -2.36. The van der Waals surface area contributed by atoms with Gasteiger partial charge in [-0.05, 0) is 42.9 Å². The molecule has 1 aromatic carbocycles. The summed E-state index contributed by atoms with van der Waals surface area (Å²) in [6.45, 7) is 0. The van der Waals surface area contributed by atoms with Crippen molar-refractivity contribution < 1.29 is 4.42 Å². The van der Waals surface area contributed by atoms with Crippen molar-refractivity contribution in [1.29, 1.82) is 0 Å². The third-order valence-corrected chi connectivity index (χ3v) is 3.16. The van der Waals surface area contributed by atoms with E-state index in [1.807, 2.05) is 12.1 Å². The van der Waals surface area contributed by atoms with Gasteiger partial charge in [-0.3, -0.25) is 11.3 Å². The van der Waals surface area contributed by atoms with Gasteiger partial charge in [0.05, 0.1) is 12.5 Å². The summed E-state index contributed by atoms with van der Waals surface area (Å²) in [7, 11) is 0. The first kappa shape index (κ1) is 12.9. The van der Waals surface area contributed by atoms with Crippen LogP contribution in [0.1, 0.15) is 24.0 Å². The van der Waals surface area contributed by atoms with E-state index in [1.165, 1.54) is 11.1 Å². The zero-order chi connectivity index (χ0) is 12.6. The van der Waals surface area contributed by atoms with Gasteiger partial charge in [0.1, 0.15) is 0 Å². The molecule has 0 aliphatic rings. The lowest BCUT2D eigenvalue weighted by Gasteiger charge is -2.14. The number of aryl methyl sites for hydroxylation is 1. The van der Waals surface area contributed by atoms with Gasteiger partial charge in [0.2, 0.25) is 0 Å². The van der Waals surface area contributed by atoms with E-state index in [9.17, 15) is 0 Å². The molecule has 2 rings (SSSR count). The van der Waals surface area contributed by atoms with Crippen molar-refractivity contribution in [3.63, 3.8) is 0 Å². The molecule has 1 unspecified atom stereocenters. The van der Waals surface area contributed by atoms with E-state index in [-0.39, 0.29) is 0 Å². The molecule has 3 heteroatoms. The fourth-order valence-corrected chi connectivity index (χ4v) is 2.13. The van der Waals surface area contributed by atoms with Crippen molar-refractivity contribution in [2.45, 2.75) is 31.7 Å². The van der Waals surface area contributed by atoms with E-state index in [0.717, 1.165) is 25.7 Å². The first-order valence-corrected chi connectivity index (χ1v) is 6.39. The Morgan fingerprint density at radius 2 is 1.94 bits per heavy atom. The minimum absolute atomic E-state index is 0.311. The van der Waals surface area contributed by atoms with Crippen molar-refractivity contribution in [1.82, 2.24) is 5.43 Å². The normalized spacial score (nSPS) is 12.5. The predicted molar refractivity (Wildman–Crippen MR) is 72.9 cm³/mol. The number of nitrogens with two attached hydrogens (primary N) is 1. The summed E-state index contributed by atoms with van der Waals surface area (Å²) in [6, 6.07) is 12.8. The summed E-state index contributed by atoms with van der Waals surface area (Å²) >= 11 is 0. The molecule has 0 saturated carbocycles. The van der Waals surface area contributed by atoms with Crippen molar-refractivity contribution >= 4 is 0 Å². The largest absolute Gasteiger partial charge is 0.472 e. The van der Waals surface area contributed by atoms with Gasteiger partial charge in [-0.2, -0.15) is 0 Å². The van der Waals surface area contributed by atoms with Gasteiger partial charge in [0, 0.05) is 6.04 Å². The summed E-state index contributed by atoms with van der Waals surface area (Å²) in [5.74, 6) is 5.59. The van der Waals surface area contributed by atoms with Gasteiger partial charge in [-0.1, -0.05) is 30.3 Å². The molecule has 3 N–H and O–H groups in total. The molecule has 0 spiro atoms. The molecular weight excluding hydrogens is 224 g/mol. The SMILES string of the molecule is NNC(CCCc1ccccc1)Cc1ccoc1. The van der Waals surface area contributed by atoms with Crippen molar-refractivity contribution in [2.24, 2.45) is 5.84 Å². The van der Waals surface area contributed by atoms with Gasteiger partial charge >= 0.3 is 0 Å². The van der Waals surface area contributed by atoms with Gasteiger partial charge in [0.25, 0.3) is 0 Å². The zero-order valence-electron chi connectivity index (χ0n) is 10.5. The van der Waals surface area contributed by atoms with Crippen molar-refractivity contribution in [3.05, 3.63) is 60.1 Å². The number of nitrogens with one attached hydrogen (secondary N) is 1. The second kappa shape index (κ2) is 6.99. The molecule has 18 heavy (non-hydrogen) atoms. The van der Waals surface area contributed by atoms with Crippen LogP contribution in [0.2, 0.25) is 0 Å². The van der Waals surface area contributed by atoms with E-state index < -0.39 is 0 Å². The lowest BCUT2D eigenvalue weighted by atomic mass is 10.0. The van der Waals surface area contributed by atoms with E-state index in [4.69, 9.17) is 10.3 Å². The van der Waals surface area contributed by atoms with E-state index in [2.05, 4.69) is 29.7 Å². The van der Waals surface area contributed by atoms with Crippen LogP contribution in [0.5, 0.6) is 0 Å². The Balaban J connectivity index is 1.74. The first-order chi connectivity index (χ1) is 8.88. The molecule has 0 bridgehead atoms. The van der Waals surface area contributed by atoms with Gasteiger partial charge in [-0.25, -0.2) is 0 Å². The summed E-state index contributed by atoms with van der Waals surface area (Å²) in [5.41, 5.74) is 5.46. The number of hydrogen-bond acceptors (Lipinski definition) is 3. The summed E-state index contributed by atoms with van der Waals surface area (Å²) < 4.78 is 5.07. The van der Waals surface area contributed by atoms with E-state index in [0.29, 0.717) is 6.04 Å².